The third kappa shape index (κ3) is 6.67. The van der Waals surface area contributed by atoms with Gasteiger partial charge in [0.2, 0.25) is 5.91 Å². The molecule has 0 fully saturated rings. The summed E-state index contributed by atoms with van der Waals surface area (Å²) in [6.45, 7) is 1.88. The molecule has 1 amide bonds. The van der Waals surface area contributed by atoms with Gasteiger partial charge in [-0.3, -0.25) is 4.79 Å². The van der Waals surface area contributed by atoms with E-state index in [0.717, 1.165) is 22.6 Å². The Labute approximate surface area is 164 Å². The van der Waals surface area contributed by atoms with Gasteiger partial charge in [0.25, 0.3) is 0 Å². The maximum absolute atomic E-state index is 12.1. The van der Waals surface area contributed by atoms with Gasteiger partial charge in [0.15, 0.2) is 9.84 Å². The molecule has 0 saturated heterocycles. The highest BCUT2D eigenvalue weighted by molar-refractivity contribution is 7.99. The van der Waals surface area contributed by atoms with Crippen LogP contribution >= 0.6 is 23.4 Å². The molecular weight excluding hydrogens is 390 g/mol. The zero-order chi connectivity index (χ0) is 19.2. The van der Waals surface area contributed by atoms with E-state index in [-0.39, 0.29) is 16.8 Å². The Kier molecular flexibility index (Phi) is 7.55. The largest absolute Gasteiger partial charge is 0.350 e. The molecule has 2 rings (SSSR count). The summed E-state index contributed by atoms with van der Waals surface area (Å²) in [5.41, 5.74) is 0.876. The summed E-state index contributed by atoms with van der Waals surface area (Å²) in [5.74, 6) is 0.841. The van der Waals surface area contributed by atoms with Crippen molar-refractivity contribution in [3.63, 3.8) is 0 Å². The van der Waals surface area contributed by atoms with Gasteiger partial charge in [0.05, 0.1) is 10.9 Å². The molecule has 0 spiro atoms. The van der Waals surface area contributed by atoms with Crippen molar-refractivity contribution in [3.05, 3.63) is 59.1 Å². The van der Waals surface area contributed by atoms with Crippen molar-refractivity contribution in [1.82, 2.24) is 5.32 Å². The lowest BCUT2D eigenvalue weighted by Crippen LogP contribution is -2.26. The fourth-order valence-corrected chi connectivity index (χ4v) is 3.96. The molecule has 1 atom stereocenters. The monoisotopic (exact) mass is 411 g/mol. The molecule has 1 unspecified atom stereocenters. The molecule has 2 aromatic rings. The van der Waals surface area contributed by atoms with Crippen LogP contribution in [0.15, 0.2) is 58.3 Å². The number of carbonyl (C=O) groups excluding carboxylic acids is 1. The standard InChI is InChI=1S/C19H22ClNO3S2/c1-14(15-5-11-18(12-6-15)26(2,23)24)21-19(22)4-3-13-25-17-9-7-16(20)8-10-17/h5-12,14H,3-4,13H2,1-2H3,(H,21,22). The van der Waals surface area contributed by atoms with Crippen LogP contribution in [0.25, 0.3) is 0 Å². The van der Waals surface area contributed by atoms with E-state index in [1.165, 1.54) is 6.26 Å². The van der Waals surface area contributed by atoms with E-state index in [2.05, 4.69) is 5.32 Å². The molecule has 7 heteroatoms. The first-order valence-corrected chi connectivity index (χ1v) is 11.5. The summed E-state index contributed by atoms with van der Waals surface area (Å²) in [6, 6.07) is 14.1. The molecule has 140 valence electrons. The first-order valence-electron chi connectivity index (χ1n) is 8.23. The Morgan fingerprint density at radius 1 is 1.12 bits per heavy atom. The summed E-state index contributed by atoms with van der Waals surface area (Å²) in [6.07, 6.45) is 2.40. The highest BCUT2D eigenvalue weighted by Gasteiger charge is 2.11. The summed E-state index contributed by atoms with van der Waals surface area (Å²) in [4.78, 5) is 13.5. The first-order chi connectivity index (χ1) is 12.3. The van der Waals surface area contributed by atoms with Crippen LogP contribution in [0.1, 0.15) is 31.4 Å². The fourth-order valence-electron chi connectivity index (χ4n) is 2.35. The normalized spacial score (nSPS) is 12.6. The van der Waals surface area contributed by atoms with E-state index in [0.29, 0.717) is 11.4 Å². The van der Waals surface area contributed by atoms with Gasteiger partial charge >= 0.3 is 0 Å². The van der Waals surface area contributed by atoms with Crippen molar-refractivity contribution >= 4 is 39.1 Å². The number of hydrogen-bond donors (Lipinski definition) is 1. The molecule has 0 aromatic heterocycles. The summed E-state index contributed by atoms with van der Waals surface area (Å²) in [7, 11) is -3.21. The second-order valence-electron chi connectivity index (χ2n) is 6.04. The Morgan fingerprint density at radius 3 is 2.31 bits per heavy atom. The first kappa shape index (κ1) is 20.8. The second kappa shape index (κ2) is 9.44. The highest BCUT2D eigenvalue weighted by atomic mass is 35.5. The van der Waals surface area contributed by atoms with Crippen LogP contribution in [-0.2, 0) is 14.6 Å². The van der Waals surface area contributed by atoms with E-state index >= 15 is 0 Å². The third-order valence-corrected chi connectivity index (χ3v) is 6.30. The van der Waals surface area contributed by atoms with E-state index in [9.17, 15) is 13.2 Å². The van der Waals surface area contributed by atoms with Crippen molar-refractivity contribution < 1.29 is 13.2 Å². The molecule has 0 aliphatic carbocycles. The lowest BCUT2D eigenvalue weighted by atomic mass is 10.1. The van der Waals surface area contributed by atoms with Gasteiger partial charge in [-0.2, -0.15) is 0 Å². The number of benzene rings is 2. The van der Waals surface area contributed by atoms with Crippen LogP contribution in [-0.4, -0.2) is 26.3 Å². The molecule has 0 radical (unpaired) electrons. The Bertz CT molecular complexity index is 834. The molecule has 0 aliphatic heterocycles. The Morgan fingerprint density at radius 2 is 1.73 bits per heavy atom. The fraction of sp³-hybridized carbons (Fsp3) is 0.316. The van der Waals surface area contributed by atoms with Gasteiger partial charge in [-0.05, 0) is 61.1 Å². The van der Waals surface area contributed by atoms with E-state index in [4.69, 9.17) is 11.6 Å². The van der Waals surface area contributed by atoms with E-state index in [1.54, 1.807) is 36.0 Å². The van der Waals surface area contributed by atoms with E-state index < -0.39 is 9.84 Å². The van der Waals surface area contributed by atoms with Gasteiger partial charge in [-0.25, -0.2) is 8.42 Å². The van der Waals surface area contributed by atoms with Crippen LogP contribution in [0.5, 0.6) is 0 Å². The minimum Gasteiger partial charge on any atom is -0.350 e. The van der Waals surface area contributed by atoms with Crippen molar-refractivity contribution in [1.29, 1.82) is 0 Å². The smallest absolute Gasteiger partial charge is 0.220 e. The van der Waals surface area contributed by atoms with Crippen LogP contribution in [0.4, 0.5) is 0 Å². The molecule has 1 N–H and O–H groups in total. The molecule has 0 saturated carbocycles. The number of carbonyl (C=O) groups is 1. The topological polar surface area (TPSA) is 63.2 Å². The van der Waals surface area contributed by atoms with Crippen molar-refractivity contribution in [3.8, 4) is 0 Å². The number of nitrogens with one attached hydrogen (secondary N) is 1. The van der Waals surface area contributed by atoms with Crippen molar-refractivity contribution in [2.45, 2.75) is 35.6 Å². The summed E-state index contributed by atoms with van der Waals surface area (Å²) in [5, 5.41) is 3.66. The van der Waals surface area contributed by atoms with Gasteiger partial charge in [-0.15, -0.1) is 11.8 Å². The SMILES string of the molecule is CC(NC(=O)CCCSc1ccc(Cl)cc1)c1ccc(S(C)(=O)=O)cc1. The zero-order valence-electron chi connectivity index (χ0n) is 14.7. The maximum atomic E-state index is 12.1. The van der Waals surface area contributed by atoms with Gasteiger partial charge in [-0.1, -0.05) is 23.7 Å². The predicted octanol–water partition coefficient (Wildman–Crippen LogP) is 4.49. The molecule has 0 aliphatic rings. The van der Waals surface area contributed by atoms with Crippen molar-refractivity contribution in [2.75, 3.05) is 12.0 Å². The minimum absolute atomic E-state index is 0.0126. The van der Waals surface area contributed by atoms with E-state index in [1.807, 2.05) is 31.2 Å². The number of hydrogen-bond acceptors (Lipinski definition) is 4. The average Bonchev–Trinajstić information content (AvgIpc) is 2.59. The van der Waals surface area contributed by atoms with Crippen LogP contribution < -0.4 is 5.32 Å². The van der Waals surface area contributed by atoms with Gasteiger partial charge in [0.1, 0.15) is 0 Å². The highest BCUT2D eigenvalue weighted by Crippen LogP contribution is 2.21. The molecule has 4 nitrogen and oxygen atoms in total. The summed E-state index contributed by atoms with van der Waals surface area (Å²) >= 11 is 7.55. The quantitative estimate of drug-likeness (QED) is 0.513. The number of halogens is 1. The Balaban J connectivity index is 1.75. The average molecular weight is 412 g/mol. The summed E-state index contributed by atoms with van der Waals surface area (Å²) < 4.78 is 23.0. The number of thioether (sulfide) groups is 1. The molecular formula is C19H22ClNO3S2. The number of amides is 1. The molecule has 0 bridgehead atoms. The third-order valence-electron chi connectivity index (χ3n) is 3.82. The lowest BCUT2D eigenvalue weighted by Gasteiger charge is -2.14. The lowest BCUT2D eigenvalue weighted by molar-refractivity contribution is -0.121. The van der Waals surface area contributed by atoms with Crippen molar-refractivity contribution in [2.24, 2.45) is 0 Å². The van der Waals surface area contributed by atoms with Crippen LogP contribution in [0.2, 0.25) is 5.02 Å². The van der Waals surface area contributed by atoms with Gasteiger partial charge < -0.3 is 5.32 Å². The molecule has 2 aromatic carbocycles. The zero-order valence-corrected chi connectivity index (χ0v) is 17.1. The second-order valence-corrected chi connectivity index (χ2v) is 9.66. The maximum Gasteiger partial charge on any atom is 0.220 e. The minimum atomic E-state index is -3.21. The van der Waals surface area contributed by atoms with Crippen LogP contribution in [0, 0.1) is 0 Å². The van der Waals surface area contributed by atoms with Gasteiger partial charge in [0, 0.05) is 22.6 Å². The molecule has 26 heavy (non-hydrogen) atoms. The Hall–Kier alpha value is -1.50. The predicted molar refractivity (Wildman–Crippen MR) is 108 cm³/mol. The number of sulfone groups is 1. The molecule has 0 heterocycles. The number of rotatable bonds is 8. The van der Waals surface area contributed by atoms with Crippen LogP contribution in [0.3, 0.4) is 0 Å².